The maximum absolute atomic E-state index is 12.8. The zero-order chi connectivity index (χ0) is 19.1. The third-order valence-electron chi connectivity index (χ3n) is 7.82. The molecule has 0 aromatic heterocycles. The van der Waals surface area contributed by atoms with E-state index in [0.717, 1.165) is 44.4 Å². The molecular formula is C24H35N3O. The van der Waals surface area contributed by atoms with Crippen LogP contribution in [-0.2, 0) is 17.8 Å². The Bertz CT molecular complexity index is 727. The van der Waals surface area contributed by atoms with Gasteiger partial charge < -0.3 is 9.80 Å². The van der Waals surface area contributed by atoms with Crippen molar-refractivity contribution in [3.05, 3.63) is 29.3 Å². The molecule has 0 N–H and O–H groups in total. The molecule has 4 nitrogen and oxygen atoms in total. The van der Waals surface area contributed by atoms with Crippen LogP contribution >= 0.6 is 0 Å². The lowest BCUT2D eigenvalue weighted by Crippen LogP contribution is -2.40. The molecule has 2 atom stereocenters. The standard InChI is InChI=1S/C24H35N3O/c1-18-5-4-12-27(18)23-11-14-25(17-23)22-9-8-21-16-26(13-10-20(21)15-22)24(28)19-6-2-3-7-19/h8-9,15,18-19,23H,2-7,10-14,16-17H2,1H3. The summed E-state index contributed by atoms with van der Waals surface area (Å²) >= 11 is 0. The van der Waals surface area contributed by atoms with Crippen LogP contribution in [0.1, 0.15) is 63.0 Å². The summed E-state index contributed by atoms with van der Waals surface area (Å²) < 4.78 is 0. The van der Waals surface area contributed by atoms with Crippen molar-refractivity contribution in [1.29, 1.82) is 0 Å². The van der Waals surface area contributed by atoms with Crippen LogP contribution in [0.15, 0.2) is 18.2 Å². The highest BCUT2D eigenvalue weighted by molar-refractivity contribution is 5.79. The first kappa shape index (κ1) is 18.5. The third kappa shape index (κ3) is 3.45. The van der Waals surface area contributed by atoms with E-state index in [-0.39, 0.29) is 0 Å². The maximum atomic E-state index is 12.8. The first-order valence-corrected chi connectivity index (χ1v) is 11.6. The fourth-order valence-corrected chi connectivity index (χ4v) is 6.10. The minimum Gasteiger partial charge on any atom is -0.370 e. The van der Waals surface area contributed by atoms with Gasteiger partial charge in [0, 0.05) is 49.9 Å². The summed E-state index contributed by atoms with van der Waals surface area (Å²) in [5.74, 6) is 0.713. The second-order valence-corrected chi connectivity index (χ2v) is 9.56. The number of rotatable bonds is 3. The molecule has 3 fully saturated rings. The molecule has 1 saturated carbocycles. The number of benzene rings is 1. The molecule has 152 valence electrons. The minimum atomic E-state index is 0.301. The topological polar surface area (TPSA) is 26.8 Å². The Hall–Kier alpha value is -1.55. The molecule has 1 aromatic rings. The van der Waals surface area contributed by atoms with Crippen molar-refractivity contribution in [1.82, 2.24) is 9.80 Å². The molecule has 2 saturated heterocycles. The lowest BCUT2D eigenvalue weighted by atomic mass is 9.97. The van der Waals surface area contributed by atoms with E-state index in [1.54, 1.807) is 0 Å². The lowest BCUT2D eigenvalue weighted by molar-refractivity contribution is -0.136. The monoisotopic (exact) mass is 381 g/mol. The number of hydrogen-bond acceptors (Lipinski definition) is 3. The zero-order valence-electron chi connectivity index (χ0n) is 17.4. The molecule has 1 aliphatic carbocycles. The molecule has 3 heterocycles. The van der Waals surface area contributed by atoms with Crippen LogP contribution in [0, 0.1) is 5.92 Å². The Balaban J connectivity index is 1.24. The third-order valence-corrected chi connectivity index (χ3v) is 7.82. The van der Waals surface area contributed by atoms with Crippen molar-refractivity contribution < 1.29 is 4.79 Å². The van der Waals surface area contributed by atoms with Crippen LogP contribution in [0.4, 0.5) is 5.69 Å². The van der Waals surface area contributed by atoms with E-state index in [1.807, 2.05) is 0 Å². The highest BCUT2D eigenvalue weighted by atomic mass is 16.2. The van der Waals surface area contributed by atoms with E-state index < -0.39 is 0 Å². The van der Waals surface area contributed by atoms with Gasteiger partial charge in [-0.2, -0.15) is 0 Å². The molecule has 0 radical (unpaired) electrons. The zero-order valence-corrected chi connectivity index (χ0v) is 17.4. The molecule has 3 aliphatic heterocycles. The van der Waals surface area contributed by atoms with Crippen molar-refractivity contribution in [3.8, 4) is 0 Å². The maximum Gasteiger partial charge on any atom is 0.225 e. The van der Waals surface area contributed by atoms with Crippen LogP contribution < -0.4 is 4.90 Å². The predicted molar refractivity (Wildman–Crippen MR) is 114 cm³/mol. The minimum absolute atomic E-state index is 0.301. The van der Waals surface area contributed by atoms with Crippen LogP contribution in [0.3, 0.4) is 0 Å². The number of carbonyl (C=O) groups is 1. The first-order chi connectivity index (χ1) is 13.7. The van der Waals surface area contributed by atoms with Gasteiger partial charge >= 0.3 is 0 Å². The van der Waals surface area contributed by atoms with Crippen molar-refractivity contribution >= 4 is 11.6 Å². The molecule has 0 bridgehead atoms. The Morgan fingerprint density at radius 1 is 0.964 bits per heavy atom. The van der Waals surface area contributed by atoms with E-state index in [4.69, 9.17) is 0 Å². The Labute approximate surface area is 169 Å². The average Bonchev–Trinajstić information content (AvgIpc) is 3.48. The highest BCUT2D eigenvalue weighted by Crippen LogP contribution is 2.32. The Kier molecular flexibility index (Phi) is 5.08. The van der Waals surface area contributed by atoms with Gasteiger partial charge in [0.2, 0.25) is 5.91 Å². The quantitative estimate of drug-likeness (QED) is 0.796. The van der Waals surface area contributed by atoms with Crippen LogP contribution in [0.25, 0.3) is 0 Å². The fourth-order valence-electron chi connectivity index (χ4n) is 6.10. The largest absolute Gasteiger partial charge is 0.370 e. The van der Waals surface area contributed by atoms with Crippen LogP contribution in [0.2, 0.25) is 0 Å². The summed E-state index contributed by atoms with van der Waals surface area (Å²) in [5.41, 5.74) is 4.22. The molecule has 1 amide bonds. The van der Waals surface area contributed by atoms with Gasteiger partial charge in [-0.1, -0.05) is 18.9 Å². The summed E-state index contributed by atoms with van der Waals surface area (Å²) in [6.45, 7) is 7.76. The van der Waals surface area contributed by atoms with Gasteiger partial charge in [-0.05, 0) is 75.3 Å². The number of hydrogen-bond donors (Lipinski definition) is 0. The number of likely N-dealkylation sites (tertiary alicyclic amines) is 1. The van der Waals surface area contributed by atoms with E-state index in [9.17, 15) is 4.79 Å². The Morgan fingerprint density at radius 2 is 1.82 bits per heavy atom. The second kappa shape index (κ2) is 7.70. The molecule has 4 heteroatoms. The summed E-state index contributed by atoms with van der Waals surface area (Å²) in [4.78, 5) is 20.2. The lowest BCUT2D eigenvalue weighted by Gasteiger charge is -2.32. The molecule has 5 rings (SSSR count). The van der Waals surface area contributed by atoms with Crippen molar-refractivity contribution in [2.75, 3.05) is 31.1 Å². The number of fused-ring (bicyclic) bond motifs is 1. The summed E-state index contributed by atoms with van der Waals surface area (Å²) in [6.07, 6.45) is 9.72. The van der Waals surface area contributed by atoms with Gasteiger partial charge in [0.1, 0.15) is 0 Å². The van der Waals surface area contributed by atoms with Gasteiger partial charge in [0.15, 0.2) is 0 Å². The fraction of sp³-hybridized carbons (Fsp3) is 0.708. The van der Waals surface area contributed by atoms with Gasteiger partial charge in [-0.25, -0.2) is 0 Å². The normalized spacial score (nSPS) is 28.9. The van der Waals surface area contributed by atoms with Crippen molar-refractivity contribution in [2.24, 2.45) is 5.92 Å². The number of amides is 1. The highest BCUT2D eigenvalue weighted by Gasteiger charge is 2.33. The second-order valence-electron chi connectivity index (χ2n) is 9.56. The van der Waals surface area contributed by atoms with Crippen LogP contribution in [0.5, 0.6) is 0 Å². The number of carbonyl (C=O) groups excluding carboxylic acids is 1. The van der Waals surface area contributed by atoms with E-state index >= 15 is 0 Å². The van der Waals surface area contributed by atoms with Gasteiger partial charge in [0.05, 0.1) is 0 Å². The van der Waals surface area contributed by atoms with Gasteiger partial charge in [-0.15, -0.1) is 0 Å². The van der Waals surface area contributed by atoms with Crippen molar-refractivity contribution in [3.63, 3.8) is 0 Å². The molecule has 2 unspecified atom stereocenters. The van der Waals surface area contributed by atoms with E-state index in [1.165, 1.54) is 68.6 Å². The number of nitrogens with zero attached hydrogens (tertiary/aromatic N) is 3. The predicted octanol–water partition coefficient (Wildman–Crippen LogP) is 3.82. The summed E-state index contributed by atoms with van der Waals surface area (Å²) in [5, 5.41) is 0. The van der Waals surface area contributed by atoms with Crippen molar-refractivity contribution in [2.45, 2.75) is 76.9 Å². The van der Waals surface area contributed by atoms with Gasteiger partial charge in [-0.3, -0.25) is 9.69 Å². The van der Waals surface area contributed by atoms with E-state index in [2.05, 4.69) is 39.8 Å². The molecule has 28 heavy (non-hydrogen) atoms. The molecule has 0 spiro atoms. The SMILES string of the molecule is CC1CCCN1C1CCN(c2ccc3c(c2)CCN(C(=O)C2CCCC2)C3)C1. The van der Waals surface area contributed by atoms with Crippen LogP contribution in [-0.4, -0.2) is 54.0 Å². The number of anilines is 1. The molecular weight excluding hydrogens is 346 g/mol. The van der Waals surface area contributed by atoms with Gasteiger partial charge in [0.25, 0.3) is 0 Å². The summed E-state index contributed by atoms with van der Waals surface area (Å²) in [6, 6.07) is 8.51. The van der Waals surface area contributed by atoms with E-state index in [0.29, 0.717) is 11.8 Å². The average molecular weight is 382 g/mol. The smallest absolute Gasteiger partial charge is 0.225 e. The Morgan fingerprint density at radius 3 is 2.61 bits per heavy atom. The molecule has 4 aliphatic rings. The first-order valence-electron chi connectivity index (χ1n) is 11.6. The summed E-state index contributed by atoms with van der Waals surface area (Å²) in [7, 11) is 0. The molecule has 1 aromatic carbocycles.